The molecule has 0 heterocycles. The molecule has 0 amide bonds. The summed E-state index contributed by atoms with van der Waals surface area (Å²) in [5.41, 5.74) is 6.54. The van der Waals surface area contributed by atoms with E-state index in [4.69, 9.17) is 9.84 Å². The van der Waals surface area contributed by atoms with E-state index in [1.165, 1.54) is 27.8 Å². The predicted molar refractivity (Wildman–Crippen MR) is 106 cm³/mol. The van der Waals surface area contributed by atoms with Gasteiger partial charge in [-0.05, 0) is 61.8 Å². The number of carbonyl (C=O) groups excluding carboxylic acids is 1. The molecular formula is C23H28O3. The molecule has 0 bridgehead atoms. The van der Waals surface area contributed by atoms with Gasteiger partial charge in [-0.2, -0.15) is 0 Å². The van der Waals surface area contributed by atoms with Crippen molar-refractivity contribution in [2.24, 2.45) is 0 Å². The van der Waals surface area contributed by atoms with E-state index in [0.29, 0.717) is 12.2 Å². The highest BCUT2D eigenvalue weighted by Gasteiger charge is 2.08. The molecule has 0 aliphatic rings. The molecule has 2 aromatic rings. The van der Waals surface area contributed by atoms with E-state index in [2.05, 4.69) is 56.0 Å². The highest BCUT2D eigenvalue weighted by Crippen LogP contribution is 2.27. The maximum Gasteiger partial charge on any atom is 0.333 e. The molecule has 3 nitrogen and oxygen atoms in total. The van der Waals surface area contributed by atoms with Crippen LogP contribution in [-0.4, -0.2) is 24.3 Å². The van der Waals surface area contributed by atoms with Gasteiger partial charge in [0, 0.05) is 12.2 Å². The number of hydrogen-bond acceptors (Lipinski definition) is 3. The summed E-state index contributed by atoms with van der Waals surface area (Å²) in [7, 11) is 0. The molecule has 0 spiro atoms. The Bertz CT molecular complexity index is 745. The zero-order valence-electron chi connectivity index (χ0n) is 15.8. The van der Waals surface area contributed by atoms with Crippen LogP contribution in [0.3, 0.4) is 0 Å². The van der Waals surface area contributed by atoms with E-state index in [1.807, 2.05) is 0 Å². The third kappa shape index (κ3) is 5.85. The Morgan fingerprint density at radius 3 is 2.46 bits per heavy atom. The van der Waals surface area contributed by atoms with Crippen molar-refractivity contribution < 1.29 is 14.6 Å². The molecule has 0 aliphatic heterocycles. The molecule has 138 valence electrons. The van der Waals surface area contributed by atoms with Gasteiger partial charge in [-0.15, -0.1) is 0 Å². The Labute approximate surface area is 156 Å². The molecule has 3 heteroatoms. The average Bonchev–Trinajstić information content (AvgIpc) is 2.64. The van der Waals surface area contributed by atoms with Crippen LogP contribution in [0.1, 0.15) is 36.5 Å². The van der Waals surface area contributed by atoms with Crippen LogP contribution in [-0.2, 0) is 22.4 Å². The number of aliphatic hydroxyl groups is 1. The molecule has 0 saturated carbocycles. The first-order chi connectivity index (χ1) is 12.5. The lowest BCUT2D eigenvalue weighted by atomic mass is 9.93. The lowest BCUT2D eigenvalue weighted by Crippen LogP contribution is -2.07. The van der Waals surface area contributed by atoms with Crippen LogP contribution >= 0.6 is 0 Å². The highest BCUT2D eigenvalue weighted by molar-refractivity contribution is 5.86. The van der Waals surface area contributed by atoms with Crippen molar-refractivity contribution in [2.75, 3.05) is 13.2 Å². The lowest BCUT2D eigenvalue weighted by Gasteiger charge is -2.13. The van der Waals surface area contributed by atoms with Crippen LogP contribution in [0.2, 0.25) is 0 Å². The summed E-state index contributed by atoms with van der Waals surface area (Å²) in [5.74, 6) is -0.333. The Balaban J connectivity index is 2.14. The minimum Gasteiger partial charge on any atom is -0.462 e. The number of carbonyl (C=O) groups is 1. The molecule has 0 atom stereocenters. The summed E-state index contributed by atoms with van der Waals surface area (Å²) in [5, 5.41) is 9.07. The number of rotatable bonds is 9. The Hall–Kier alpha value is -2.39. The van der Waals surface area contributed by atoms with Gasteiger partial charge in [0.05, 0.1) is 6.61 Å². The third-order valence-corrected chi connectivity index (χ3v) is 4.33. The maximum atomic E-state index is 11.5. The van der Waals surface area contributed by atoms with Crippen molar-refractivity contribution in [2.45, 2.75) is 39.5 Å². The fourth-order valence-electron chi connectivity index (χ4n) is 2.86. The van der Waals surface area contributed by atoms with E-state index < -0.39 is 0 Å². The second kappa shape index (κ2) is 9.93. The summed E-state index contributed by atoms with van der Waals surface area (Å²) in [4.78, 5) is 11.5. The van der Waals surface area contributed by atoms with Gasteiger partial charge >= 0.3 is 5.97 Å². The molecule has 0 saturated heterocycles. The monoisotopic (exact) mass is 352 g/mol. The fourth-order valence-corrected chi connectivity index (χ4v) is 2.86. The summed E-state index contributed by atoms with van der Waals surface area (Å²) < 4.78 is 5.21. The minimum absolute atomic E-state index is 0.200. The van der Waals surface area contributed by atoms with Crippen molar-refractivity contribution in [1.82, 2.24) is 0 Å². The summed E-state index contributed by atoms with van der Waals surface area (Å²) in [6.45, 7) is 7.92. The molecule has 0 aliphatic carbocycles. The van der Waals surface area contributed by atoms with Crippen LogP contribution in [0.5, 0.6) is 0 Å². The number of esters is 1. The van der Waals surface area contributed by atoms with Crippen molar-refractivity contribution in [3.05, 3.63) is 71.3 Å². The number of ether oxygens (including phenoxy) is 1. The molecule has 0 unspecified atom stereocenters. The molecule has 0 fully saturated rings. The topological polar surface area (TPSA) is 46.5 Å². The zero-order valence-corrected chi connectivity index (χ0v) is 15.8. The van der Waals surface area contributed by atoms with Gasteiger partial charge in [0.2, 0.25) is 0 Å². The van der Waals surface area contributed by atoms with E-state index in [0.717, 1.165) is 25.7 Å². The number of aryl methyl sites for hydroxylation is 3. The van der Waals surface area contributed by atoms with Crippen molar-refractivity contribution in [3.8, 4) is 11.1 Å². The number of benzene rings is 2. The SMILES string of the molecule is C=C(C)C(=O)OCCCc1cc(CCCO)ccc1-c1ccc(C)cc1. The highest BCUT2D eigenvalue weighted by atomic mass is 16.5. The quantitative estimate of drug-likeness (QED) is 0.406. The minimum atomic E-state index is -0.333. The third-order valence-electron chi connectivity index (χ3n) is 4.33. The predicted octanol–water partition coefficient (Wildman–Crippen LogP) is 4.64. The maximum absolute atomic E-state index is 11.5. The normalized spacial score (nSPS) is 10.6. The molecule has 2 aromatic carbocycles. The van der Waals surface area contributed by atoms with Crippen molar-refractivity contribution in [1.29, 1.82) is 0 Å². The van der Waals surface area contributed by atoms with Gasteiger partial charge in [0.15, 0.2) is 0 Å². The Morgan fingerprint density at radius 2 is 1.81 bits per heavy atom. The summed E-state index contributed by atoms with van der Waals surface area (Å²) in [6, 6.07) is 15.0. The molecule has 26 heavy (non-hydrogen) atoms. The van der Waals surface area contributed by atoms with Gasteiger partial charge in [-0.3, -0.25) is 0 Å². The van der Waals surface area contributed by atoms with Crippen LogP contribution in [0.4, 0.5) is 0 Å². The van der Waals surface area contributed by atoms with E-state index in [1.54, 1.807) is 6.92 Å². The van der Waals surface area contributed by atoms with Crippen LogP contribution in [0.25, 0.3) is 11.1 Å². The Morgan fingerprint density at radius 1 is 1.08 bits per heavy atom. The van der Waals surface area contributed by atoms with Gasteiger partial charge in [0.25, 0.3) is 0 Å². The Kier molecular flexibility index (Phi) is 7.61. The number of hydrogen-bond donors (Lipinski definition) is 1. The average molecular weight is 352 g/mol. The fraction of sp³-hybridized carbons (Fsp3) is 0.348. The second-order valence-corrected chi connectivity index (χ2v) is 6.70. The molecule has 1 N–H and O–H groups in total. The molecular weight excluding hydrogens is 324 g/mol. The lowest BCUT2D eigenvalue weighted by molar-refractivity contribution is -0.139. The first-order valence-corrected chi connectivity index (χ1v) is 9.13. The van der Waals surface area contributed by atoms with E-state index in [-0.39, 0.29) is 12.6 Å². The summed E-state index contributed by atoms with van der Waals surface area (Å²) >= 11 is 0. The number of aliphatic hydroxyl groups excluding tert-OH is 1. The van der Waals surface area contributed by atoms with E-state index >= 15 is 0 Å². The first-order valence-electron chi connectivity index (χ1n) is 9.13. The summed E-state index contributed by atoms with van der Waals surface area (Å²) in [6.07, 6.45) is 3.23. The van der Waals surface area contributed by atoms with Crippen LogP contribution in [0.15, 0.2) is 54.6 Å². The molecule has 0 radical (unpaired) electrons. The standard InChI is InChI=1S/C23H28O3/c1-17(2)23(25)26-15-5-7-21-16-19(6-4-14-24)10-13-22(21)20-11-8-18(3)9-12-20/h8-13,16,24H,1,4-7,14-15H2,2-3H3. The van der Waals surface area contributed by atoms with E-state index in [9.17, 15) is 4.79 Å². The van der Waals surface area contributed by atoms with Crippen molar-refractivity contribution in [3.63, 3.8) is 0 Å². The second-order valence-electron chi connectivity index (χ2n) is 6.70. The molecule has 2 rings (SSSR count). The van der Waals surface area contributed by atoms with Gasteiger partial charge in [-0.1, -0.05) is 54.6 Å². The zero-order chi connectivity index (χ0) is 18.9. The van der Waals surface area contributed by atoms with Gasteiger partial charge < -0.3 is 9.84 Å². The largest absolute Gasteiger partial charge is 0.462 e. The van der Waals surface area contributed by atoms with Gasteiger partial charge in [-0.25, -0.2) is 4.79 Å². The van der Waals surface area contributed by atoms with Crippen molar-refractivity contribution >= 4 is 5.97 Å². The van der Waals surface area contributed by atoms with Crippen LogP contribution < -0.4 is 0 Å². The van der Waals surface area contributed by atoms with Crippen LogP contribution in [0, 0.1) is 6.92 Å². The van der Waals surface area contributed by atoms with Gasteiger partial charge in [0.1, 0.15) is 0 Å². The first kappa shape index (κ1) is 19.9. The smallest absolute Gasteiger partial charge is 0.333 e. The molecule has 0 aromatic heterocycles.